The zero-order chi connectivity index (χ0) is 55.6. The number of rotatable bonds is 25. The molecule has 3 heterocycles. The van der Waals surface area contributed by atoms with Crippen molar-refractivity contribution in [3.05, 3.63) is 12.2 Å². The van der Waals surface area contributed by atoms with Crippen LogP contribution in [-0.4, -0.2) is 186 Å². The molecule has 9 unspecified atom stereocenters. The Bertz CT molecular complexity index is 2030. The molecule has 75 heavy (non-hydrogen) atoms. The first-order valence-corrected chi connectivity index (χ1v) is 26.1. The summed E-state index contributed by atoms with van der Waals surface area (Å²) in [4.78, 5) is 133. The monoisotopic (exact) mass is 1060 g/mol. The minimum absolute atomic E-state index is 0.00755. The van der Waals surface area contributed by atoms with Crippen molar-refractivity contribution in [2.75, 3.05) is 52.4 Å². The molecule has 0 aliphatic carbocycles. The highest BCUT2D eigenvalue weighted by atomic mass is 16.4. The Hall–Kier alpha value is -6.45. The number of guanidine groups is 2. The molecule has 0 bridgehead atoms. The number of unbranched alkanes of at least 4 members (excludes halogenated alkanes) is 1. The maximum absolute atomic E-state index is 14.1. The summed E-state index contributed by atoms with van der Waals surface area (Å²) in [5.74, 6) is -7.12. The highest BCUT2D eigenvalue weighted by Crippen LogP contribution is 2.22. The van der Waals surface area contributed by atoms with Crippen LogP contribution in [-0.2, 0) is 43.2 Å². The van der Waals surface area contributed by atoms with Crippen LogP contribution in [0.2, 0.25) is 0 Å². The summed E-state index contributed by atoms with van der Waals surface area (Å²) in [6.07, 6.45) is 7.16. The lowest BCUT2D eigenvalue weighted by Gasteiger charge is -2.29. The first-order chi connectivity index (χ1) is 35.7. The van der Waals surface area contributed by atoms with E-state index in [-0.39, 0.29) is 107 Å². The van der Waals surface area contributed by atoms with Gasteiger partial charge in [0, 0.05) is 32.6 Å². The quantitative estimate of drug-likeness (QED) is 0.0178. The van der Waals surface area contributed by atoms with Crippen LogP contribution in [0.25, 0.3) is 0 Å². The number of nitrogens with one attached hydrogen (secondary N) is 6. The van der Waals surface area contributed by atoms with E-state index in [4.69, 9.17) is 34.4 Å². The van der Waals surface area contributed by atoms with Gasteiger partial charge in [0.25, 0.3) is 0 Å². The maximum atomic E-state index is 14.1. The third-order valence-electron chi connectivity index (χ3n) is 13.2. The fourth-order valence-electron chi connectivity index (χ4n) is 9.24. The molecule has 422 valence electrons. The lowest BCUT2D eigenvalue weighted by atomic mass is 9.92. The number of fused-ring (bicyclic) bond motifs is 1. The van der Waals surface area contributed by atoms with Gasteiger partial charge in [0.1, 0.15) is 36.3 Å². The van der Waals surface area contributed by atoms with Crippen molar-refractivity contribution in [1.82, 2.24) is 41.7 Å². The molecule has 0 spiro atoms. The van der Waals surface area contributed by atoms with Gasteiger partial charge in [0.15, 0.2) is 17.7 Å². The number of nitrogens with zero attached hydrogens (tertiary/aromatic N) is 4. The van der Waals surface area contributed by atoms with Crippen molar-refractivity contribution < 1.29 is 53.4 Å². The summed E-state index contributed by atoms with van der Waals surface area (Å²) in [6.45, 7) is 4.12. The van der Waals surface area contributed by atoms with Gasteiger partial charge in [-0.2, -0.15) is 0 Å². The number of nitrogens with two attached hydrogens (primary N) is 6. The number of aliphatic hydroxyl groups is 1. The number of carbonyl (C=O) groups is 9. The molecule has 9 atom stereocenters. The molecule has 3 aliphatic rings. The number of amides is 7. The highest BCUT2D eigenvalue weighted by Gasteiger charge is 2.39. The zero-order valence-electron chi connectivity index (χ0n) is 43.5. The van der Waals surface area contributed by atoms with E-state index in [1.54, 1.807) is 13.8 Å². The molecule has 0 aromatic rings. The lowest BCUT2D eigenvalue weighted by molar-refractivity contribution is -0.143. The summed E-state index contributed by atoms with van der Waals surface area (Å²) in [5.41, 5.74) is 33.7. The Labute approximate surface area is 438 Å². The van der Waals surface area contributed by atoms with Crippen LogP contribution in [0.3, 0.4) is 0 Å². The summed E-state index contributed by atoms with van der Waals surface area (Å²) < 4.78 is 0. The SMILES string of the molecule is CC(C)CC(NC(=O)C(CCCN=C(N)N)NC(=O)C1CCCN1C(=O)C(N)CCCN=C(N)N)C(=O)NC(CO)C(=O)NC1CC=CCC(C(=O)O)NC(=O)C2CCCN2C(=O)CNCC(CCCCN)CC1=O. The second-order valence-electron chi connectivity index (χ2n) is 19.8. The number of carboxylic acid groups (broad SMARTS) is 1. The summed E-state index contributed by atoms with van der Waals surface area (Å²) in [7, 11) is 0. The summed E-state index contributed by atoms with van der Waals surface area (Å²) in [5, 5.41) is 36.7. The Morgan fingerprint density at radius 2 is 1.45 bits per heavy atom. The predicted octanol–water partition coefficient (Wildman–Crippen LogP) is -4.41. The topological polar surface area (TPSA) is 454 Å². The second kappa shape index (κ2) is 32.8. The number of aliphatic imine (C=N–C) groups is 2. The molecule has 7 amide bonds. The van der Waals surface area contributed by atoms with Crippen LogP contribution in [0.15, 0.2) is 22.1 Å². The number of ketones is 1. The van der Waals surface area contributed by atoms with Crippen LogP contribution in [0.4, 0.5) is 0 Å². The van der Waals surface area contributed by atoms with Crippen molar-refractivity contribution in [2.45, 2.75) is 158 Å². The van der Waals surface area contributed by atoms with Crippen molar-refractivity contribution >= 4 is 65.0 Å². The second-order valence-corrected chi connectivity index (χ2v) is 19.8. The number of aliphatic carboxylic acids is 1. The van der Waals surface area contributed by atoms with E-state index in [1.165, 1.54) is 22.0 Å². The van der Waals surface area contributed by atoms with Gasteiger partial charge in [-0.15, -0.1) is 0 Å². The summed E-state index contributed by atoms with van der Waals surface area (Å²) >= 11 is 0. The van der Waals surface area contributed by atoms with Crippen LogP contribution >= 0.6 is 0 Å². The van der Waals surface area contributed by atoms with E-state index in [1.807, 2.05) is 0 Å². The molecular formula is C48H84N16O11. The molecule has 27 nitrogen and oxygen atoms in total. The van der Waals surface area contributed by atoms with E-state index in [9.17, 15) is 53.4 Å². The van der Waals surface area contributed by atoms with Gasteiger partial charge < -0.3 is 86.3 Å². The van der Waals surface area contributed by atoms with Crippen LogP contribution < -0.4 is 66.3 Å². The fraction of sp³-hybridized carbons (Fsp3) is 0.729. The first kappa shape index (κ1) is 62.8. The van der Waals surface area contributed by atoms with E-state index >= 15 is 0 Å². The number of hydrogen-bond acceptors (Lipinski definition) is 15. The summed E-state index contributed by atoms with van der Waals surface area (Å²) in [6, 6.07) is -9.50. The predicted molar refractivity (Wildman–Crippen MR) is 278 cm³/mol. The van der Waals surface area contributed by atoms with E-state index in [0.29, 0.717) is 64.5 Å². The van der Waals surface area contributed by atoms with Gasteiger partial charge in [0.2, 0.25) is 41.4 Å². The van der Waals surface area contributed by atoms with Gasteiger partial charge in [0.05, 0.1) is 25.2 Å². The normalized spacial score (nSPS) is 22.4. The molecule has 0 aromatic heterocycles. The van der Waals surface area contributed by atoms with Crippen LogP contribution in [0, 0.1) is 11.8 Å². The Morgan fingerprint density at radius 1 is 0.813 bits per heavy atom. The minimum Gasteiger partial charge on any atom is -0.480 e. The van der Waals surface area contributed by atoms with Crippen LogP contribution in [0.5, 0.6) is 0 Å². The maximum Gasteiger partial charge on any atom is 0.326 e. The standard InChI is InChI=1S/C48H84N16O11/c1-28(2)23-34(61-40(68)32(15-8-20-57-48(53)54)59-44(72)37-17-10-22-64(37)45(73)30(50)12-7-19-56-47(51)52)41(69)62-35(27-65)42(70)58-31-13-3-4-14-33(46(74)75)60-43(71)36-16-9-21-63(36)39(67)26-55-25-29(24-38(31)66)11-5-6-18-49/h3-4,28-37,55,65H,5-27,49-50H2,1-2H3,(H,58,70)(H,59,72)(H,60,71)(H,61,68)(H,62,69)(H,74,75)(H4,51,52,56)(H4,53,54,57). The number of carboxylic acids is 1. The minimum atomic E-state index is -1.63. The molecule has 3 rings (SSSR count). The third kappa shape index (κ3) is 21.7. The average Bonchev–Trinajstić information content (AvgIpc) is 4.06. The van der Waals surface area contributed by atoms with Crippen molar-refractivity contribution in [2.24, 2.45) is 56.2 Å². The van der Waals surface area contributed by atoms with Gasteiger partial charge in [-0.1, -0.05) is 32.4 Å². The van der Waals surface area contributed by atoms with Gasteiger partial charge in [-0.05, 0) is 108 Å². The highest BCUT2D eigenvalue weighted by molar-refractivity contribution is 5.97. The van der Waals surface area contributed by atoms with Gasteiger partial charge in [-0.25, -0.2) is 4.79 Å². The van der Waals surface area contributed by atoms with E-state index in [2.05, 4.69) is 41.9 Å². The fourth-order valence-corrected chi connectivity index (χ4v) is 9.24. The molecule has 27 heteroatoms. The average molecular weight is 1060 g/mol. The number of aliphatic hydroxyl groups excluding tert-OH is 1. The Balaban J connectivity index is 1.83. The van der Waals surface area contributed by atoms with Gasteiger partial charge >= 0.3 is 5.97 Å². The Kier molecular flexibility index (Phi) is 27.5. The number of likely N-dealkylation sites (tertiary alicyclic amines) is 1. The molecular weight excluding hydrogens is 977 g/mol. The molecule has 3 aliphatic heterocycles. The zero-order valence-corrected chi connectivity index (χ0v) is 43.5. The molecule has 0 saturated carbocycles. The molecule has 2 saturated heterocycles. The molecule has 20 N–H and O–H groups in total. The number of hydrogen-bond donors (Lipinski definition) is 14. The molecule has 2 fully saturated rings. The molecule has 0 radical (unpaired) electrons. The van der Waals surface area contributed by atoms with Crippen LogP contribution in [0.1, 0.15) is 110 Å². The molecule has 0 aromatic carbocycles. The van der Waals surface area contributed by atoms with Crippen molar-refractivity contribution in [3.63, 3.8) is 0 Å². The van der Waals surface area contributed by atoms with E-state index in [0.717, 1.165) is 0 Å². The largest absolute Gasteiger partial charge is 0.480 e. The third-order valence-corrected chi connectivity index (χ3v) is 13.2. The van der Waals surface area contributed by atoms with Crippen molar-refractivity contribution in [3.8, 4) is 0 Å². The van der Waals surface area contributed by atoms with Gasteiger partial charge in [-0.3, -0.25) is 48.3 Å². The Morgan fingerprint density at radius 3 is 2.09 bits per heavy atom. The number of carbonyl (C=O) groups excluding carboxylic acids is 8. The smallest absolute Gasteiger partial charge is 0.326 e. The lowest BCUT2D eigenvalue weighted by Crippen LogP contribution is -2.59. The number of Topliss-reactive ketones (excluding diaryl/α,β-unsaturated/α-hetero) is 1. The van der Waals surface area contributed by atoms with Crippen molar-refractivity contribution in [1.29, 1.82) is 0 Å². The van der Waals surface area contributed by atoms with E-state index < -0.39 is 102 Å². The first-order valence-electron chi connectivity index (χ1n) is 26.1.